The predicted octanol–water partition coefficient (Wildman–Crippen LogP) is 4.94. The summed E-state index contributed by atoms with van der Waals surface area (Å²) in [5, 5.41) is 0. The summed E-state index contributed by atoms with van der Waals surface area (Å²) in [6.07, 6.45) is 2.83. The molecule has 3 rings (SSSR count). The van der Waals surface area contributed by atoms with Gasteiger partial charge in [-0.15, -0.1) is 0 Å². The molecule has 0 atom stereocenters. The number of allylic oxidation sites excluding steroid dienone is 1. The summed E-state index contributed by atoms with van der Waals surface area (Å²) in [6, 6.07) is 16.3. The van der Waals surface area contributed by atoms with Gasteiger partial charge in [-0.25, -0.2) is 0 Å². The number of carbonyl (C=O) groups excluding carboxylic acids is 1. The van der Waals surface area contributed by atoms with Crippen molar-refractivity contribution in [1.29, 1.82) is 0 Å². The fourth-order valence-corrected chi connectivity index (χ4v) is 3.08. The van der Waals surface area contributed by atoms with Crippen LogP contribution < -0.4 is 0 Å². The van der Waals surface area contributed by atoms with Crippen LogP contribution in [0.3, 0.4) is 0 Å². The summed E-state index contributed by atoms with van der Waals surface area (Å²) in [6.45, 7) is 6.49. The molecule has 1 heteroatoms. The van der Waals surface area contributed by atoms with Crippen LogP contribution in [0.25, 0.3) is 6.08 Å². The number of Topliss-reactive ketones (excluding diaryl/α,β-unsaturated/α-hetero) is 1. The first-order valence-corrected chi connectivity index (χ1v) is 7.39. The molecule has 21 heavy (non-hydrogen) atoms. The smallest absolute Gasteiger partial charge is 0.189 e. The maximum atomic E-state index is 12.7. The summed E-state index contributed by atoms with van der Waals surface area (Å²) >= 11 is 0. The van der Waals surface area contributed by atoms with Crippen LogP contribution in [-0.2, 0) is 5.41 Å². The molecule has 0 spiro atoms. The number of carbonyl (C=O) groups is 1. The van der Waals surface area contributed by atoms with E-state index < -0.39 is 0 Å². The SMILES string of the molecule is Cc1ccc(/C=C2/CC(C)(C)c3ccccc3C2=O)cc1. The summed E-state index contributed by atoms with van der Waals surface area (Å²) in [4.78, 5) is 12.7. The molecule has 0 saturated carbocycles. The van der Waals surface area contributed by atoms with Crippen molar-refractivity contribution in [2.24, 2.45) is 0 Å². The normalized spacial score (nSPS) is 18.6. The number of ketones is 1. The Morgan fingerprint density at radius 1 is 1.00 bits per heavy atom. The fourth-order valence-electron chi connectivity index (χ4n) is 3.08. The second-order valence-electron chi connectivity index (χ2n) is 6.52. The Bertz CT molecular complexity index is 718. The van der Waals surface area contributed by atoms with Gasteiger partial charge >= 0.3 is 0 Å². The van der Waals surface area contributed by atoms with E-state index in [-0.39, 0.29) is 11.2 Å². The number of aryl methyl sites for hydroxylation is 1. The molecule has 2 aromatic carbocycles. The topological polar surface area (TPSA) is 17.1 Å². The zero-order valence-electron chi connectivity index (χ0n) is 12.8. The summed E-state index contributed by atoms with van der Waals surface area (Å²) in [7, 11) is 0. The van der Waals surface area contributed by atoms with Crippen molar-refractivity contribution >= 4 is 11.9 Å². The number of benzene rings is 2. The van der Waals surface area contributed by atoms with Crippen LogP contribution in [0.4, 0.5) is 0 Å². The van der Waals surface area contributed by atoms with E-state index in [9.17, 15) is 4.79 Å². The van der Waals surface area contributed by atoms with Crippen LogP contribution in [0.1, 0.15) is 47.3 Å². The van der Waals surface area contributed by atoms with E-state index in [1.807, 2.05) is 24.3 Å². The van der Waals surface area contributed by atoms with E-state index in [1.54, 1.807) is 0 Å². The van der Waals surface area contributed by atoms with E-state index in [0.29, 0.717) is 0 Å². The highest BCUT2D eigenvalue weighted by Gasteiger charge is 2.34. The molecule has 106 valence electrons. The molecule has 1 aliphatic carbocycles. The molecule has 0 bridgehead atoms. The third kappa shape index (κ3) is 2.56. The van der Waals surface area contributed by atoms with Crippen molar-refractivity contribution in [3.8, 4) is 0 Å². The molecule has 0 aliphatic heterocycles. The second kappa shape index (κ2) is 5.00. The first kappa shape index (κ1) is 13.8. The van der Waals surface area contributed by atoms with Gasteiger partial charge in [0.2, 0.25) is 0 Å². The molecule has 2 aromatic rings. The van der Waals surface area contributed by atoms with Crippen molar-refractivity contribution in [2.45, 2.75) is 32.6 Å². The average molecular weight is 276 g/mol. The Labute approximate surface area is 126 Å². The van der Waals surface area contributed by atoms with Gasteiger partial charge in [0.05, 0.1) is 0 Å². The fraction of sp³-hybridized carbons (Fsp3) is 0.250. The lowest BCUT2D eigenvalue weighted by Gasteiger charge is -2.33. The number of hydrogen-bond donors (Lipinski definition) is 0. The zero-order chi connectivity index (χ0) is 15.0. The van der Waals surface area contributed by atoms with Gasteiger partial charge in [-0.2, -0.15) is 0 Å². The van der Waals surface area contributed by atoms with Gasteiger partial charge < -0.3 is 0 Å². The summed E-state index contributed by atoms with van der Waals surface area (Å²) in [5.41, 5.74) is 5.25. The first-order valence-electron chi connectivity index (χ1n) is 7.39. The molecule has 1 aliphatic rings. The van der Waals surface area contributed by atoms with Crippen LogP contribution in [0.5, 0.6) is 0 Å². The first-order chi connectivity index (χ1) is 9.97. The number of hydrogen-bond acceptors (Lipinski definition) is 1. The molecule has 0 unspecified atom stereocenters. The molecule has 1 nitrogen and oxygen atoms in total. The standard InChI is InChI=1S/C20H20O/c1-14-8-10-15(11-9-14)12-16-13-20(2,3)18-7-5-4-6-17(18)19(16)21/h4-12H,13H2,1-3H3/b16-12-. The quantitative estimate of drug-likeness (QED) is 0.674. The van der Waals surface area contributed by atoms with Crippen molar-refractivity contribution in [2.75, 3.05) is 0 Å². The largest absolute Gasteiger partial charge is 0.289 e. The van der Waals surface area contributed by atoms with E-state index >= 15 is 0 Å². The molecule has 0 saturated heterocycles. The number of fused-ring (bicyclic) bond motifs is 1. The van der Waals surface area contributed by atoms with Gasteiger partial charge in [0.15, 0.2) is 5.78 Å². The highest BCUT2D eigenvalue weighted by Crippen LogP contribution is 2.39. The third-order valence-electron chi connectivity index (χ3n) is 4.24. The van der Waals surface area contributed by atoms with E-state index in [1.165, 1.54) is 5.56 Å². The molecule has 0 fully saturated rings. The van der Waals surface area contributed by atoms with Gasteiger partial charge in [-0.05, 0) is 36.0 Å². The lowest BCUT2D eigenvalue weighted by molar-refractivity contribution is 0.101. The lowest BCUT2D eigenvalue weighted by Crippen LogP contribution is -2.29. The summed E-state index contributed by atoms with van der Waals surface area (Å²) in [5.74, 6) is 0.172. The molecule has 0 aromatic heterocycles. The van der Waals surface area contributed by atoms with Gasteiger partial charge in [0.1, 0.15) is 0 Å². The monoisotopic (exact) mass is 276 g/mol. The minimum Gasteiger partial charge on any atom is -0.289 e. The maximum absolute atomic E-state index is 12.7. The van der Waals surface area contributed by atoms with E-state index in [0.717, 1.165) is 28.7 Å². The highest BCUT2D eigenvalue weighted by molar-refractivity contribution is 6.13. The van der Waals surface area contributed by atoms with Gasteiger partial charge in [0, 0.05) is 11.1 Å². The minimum absolute atomic E-state index is 0.00103. The molecule has 0 radical (unpaired) electrons. The lowest BCUT2D eigenvalue weighted by atomic mass is 9.70. The Balaban J connectivity index is 2.06. The van der Waals surface area contributed by atoms with Crippen molar-refractivity contribution in [3.63, 3.8) is 0 Å². The maximum Gasteiger partial charge on any atom is 0.189 e. The van der Waals surface area contributed by atoms with Gasteiger partial charge in [-0.3, -0.25) is 4.79 Å². The van der Waals surface area contributed by atoms with Crippen LogP contribution in [0, 0.1) is 6.92 Å². The Kier molecular flexibility index (Phi) is 3.29. The van der Waals surface area contributed by atoms with Crippen molar-refractivity contribution < 1.29 is 4.79 Å². The van der Waals surface area contributed by atoms with Crippen LogP contribution in [-0.4, -0.2) is 5.78 Å². The Morgan fingerprint density at radius 3 is 2.38 bits per heavy atom. The van der Waals surface area contributed by atoms with Crippen LogP contribution in [0.2, 0.25) is 0 Å². The van der Waals surface area contributed by atoms with Crippen LogP contribution in [0.15, 0.2) is 54.1 Å². The molecular formula is C20H20O. The molecule has 0 N–H and O–H groups in total. The van der Waals surface area contributed by atoms with E-state index in [4.69, 9.17) is 0 Å². The number of rotatable bonds is 1. The molecular weight excluding hydrogens is 256 g/mol. The average Bonchev–Trinajstić information content (AvgIpc) is 2.47. The molecule has 0 amide bonds. The summed E-state index contributed by atoms with van der Waals surface area (Å²) < 4.78 is 0. The Hall–Kier alpha value is -2.15. The third-order valence-corrected chi connectivity index (χ3v) is 4.24. The van der Waals surface area contributed by atoms with Crippen LogP contribution >= 0.6 is 0 Å². The zero-order valence-corrected chi connectivity index (χ0v) is 12.8. The van der Waals surface area contributed by atoms with Gasteiger partial charge in [0.25, 0.3) is 0 Å². The van der Waals surface area contributed by atoms with Crippen molar-refractivity contribution in [3.05, 3.63) is 76.4 Å². The molecule has 0 heterocycles. The predicted molar refractivity (Wildman–Crippen MR) is 87.6 cm³/mol. The Morgan fingerprint density at radius 2 is 1.67 bits per heavy atom. The minimum atomic E-state index is 0.00103. The van der Waals surface area contributed by atoms with E-state index in [2.05, 4.69) is 51.1 Å². The van der Waals surface area contributed by atoms with Gasteiger partial charge in [-0.1, -0.05) is 67.9 Å². The second-order valence-corrected chi connectivity index (χ2v) is 6.52. The van der Waals surface area contributed by atoms with Crippen molar-refractivity contribution in [1.82, 2.24) is 0 Å². The highest BCUT2D eigenvalue weighted by atomic mass is 16.1.